The van der Waals surface area contributed by atoms with E-state index in [0.717, 1.165) is 19.5 Å². The van der Waals surface area contributed by atoms with Crippen molar-refractivity contribution in [3.8, 4) is 0 Å². The maximum absolute atomic E-state index is 5.97. The van der Waals surface area contributed by atoms with Crippen molar-refractivity contribution in [3.05, 3.63) is 21.9 Å². The maximum atomic E-state index is 5.97. The van der Waals surface area contributed by atoms with Crippen LogP contribution in [0.25, 0.3) is 0 Å². The zero-order valence-corrected chi connectivity index (χ0v) is 10.6. The highest BCUT2D eigenvalue weighted by atomic mass is 32.1. The lowest BCUT2D eigenvalue weighted by Crippen LogP contribution is -2.33. The Hall–Kier alpha value is -0.380. The molecule has 0 aliphatic rings. The van der Waals surface area contributed by atoms with Crippen molar-refractivity contribution < 1.29 is 0 Å². The van der Waals surface area contributed by atoms with Crippen LogP contribution >= 0.6 is 11.3 Å². The standard InChI is InChI=1S/C12H22N2S/c1-3-4-5-11(13)8-14-9-12-7-6-10(2)15-12/h6-7,11,14H,3-5,8-9,13H2,1-2H3. The number of aryl methyl sites for hydroxylation is 1. The molecular formula is C12H22N2S. The first kappa shape index (κ1) is 12.7. The minimum atomic E-state index is 0.311. The van der Waals surface area contributed by atoms with E-state index >= 15 is 0 Å². The fourth-order valence-electron chi connectivity index (χ4n) is 1.53. The molecule has 0 aliphatic carbocycles. The molecule has 0 spiro atoms. The summed E-state index contributed by atoms with van der Waals surface area (Å²) in [6.45, 7) is 6.23. The second-order valence-corrected chi connectivity index (χ2v) is 5.42. The molecule has 1 aromatic heterocycles. The fraction of sp³-hybridized carbons (Fsp3) is 0.667. The fourth-order valence-corrected chi connectivity index (χ4v) is 2.39. The number of unbranched alkanes of at least 4 members (excludes halogenated alkanes) is 1. The molecule has 3 N–H and O–H groups in total. The highest BCUT2D eigenvalue weighted by Crippen LogP contribution is 2.14. The van der Waals surface area contributed by atoms with Gasteiger partial charge in [-0.1, -0.05) is 19.8 Å². The summed E-state index contributed by atoms with van der Waals surface area (Å²) < 4.78 is 0. The maximum Gasteiger partial charge on any atom is 0.0300 e. The van der Waals surface area contributed by atoms with E-state index in [9.17, 15) is 0 Å². The van der Waals surface area contributed by atoms with Crippen LogP contribution < -0.4 is 11.1 Å². The van der Waals surface area contributed by atoms with Gasteiger partial charge in [0.25, 0.3) is 0 Å². The molecule has 2 nitrogen and oxygen atoms in total. The van der Waals surface area contributed by atoms with Crippen LogP contribution in [0, 0.1) is 6.92 Å². The summed E-state index contributed by atoms with van der Waals surface area (Å²) in [5, 5.41) is 3.41. The lowest BCUT2D eigenvalue weighted by atomic mass is 10.1. The van der Waals surface area contributed by atoms with E-state index < -0.39 is 0 Å². The Bertz CT molecular complexity index is 270. The van der Waals surface area contributed by atoms with Crippen LogP contribution in [0.1, 0.15) is 35.9 Å². The van der Waals surface area contributed by atoms with Crippen molar-refractivity contribution in [2.75, 3.05) is 6.54 Å². The zero-order valence-electron chi connectivity index (χ0n) is 9.75. The first-order valence-corrected chi connectivity index (χ1v) is 6.55. The Balaban J connectivity index is 2.10. The van der Waals surface area contributed by atoms with Crippen molar-refractivity contribution in [1.29, 1.82) is 0 Å². The van der Waals surface area contributed by atoms with E-state index in [-0.39, 0.29) is 0 Å². The van der Waals surface area contributed by atoms with Crippen molar-refractivity contribution in [2.45, 2.75) is 45.7 Å². The molecule has 0 fully saturated rings. The summed E-state index contributed by atoms with van der Waals surface area (Å²) in [4.78, 5) is 2.78. The molecule has 0 radical (unpaired) electrons. The average molecular weight is 226 g/mol. The molecule has 3 heteroatoms. The van der Waals surface area contributed by atoms with Crippen LogP contribution in [0.4, 0.5) is 0 Å². The van der Waals surface area contributed by atoms with Crippen molar-refractivity contribution in [1.82, 2.24) is 5.32 Å². The topological polar surface area (TPSA) is 38.0 Å². The monoisotopic (exact) mass is 226 g/mol. The van der Waals surface area contributed by atoms with Gasteiger partial charge in [0.15, 0.2) is 0 Å². The van der Waals surface area contributed by atoms with E-state index in [4.69, 9.17) is 5.73 Å². The van der Waals surface area contributed by atoms with Crippen LogP contribution in [-0.4, -0.2) is 12.6 Å². The number of thiophene rings is 1. The largest absolute Gasteiger partial charge is 0.327 e. The molecule has 1 aromatic rings. The Morgan fingerprint density at radius 3 is 2.87 bits per heavy atom. The molecule has 0 bridgehead atoms. The second-order valence-electron chi connectivity index (χ2n) is 4.05. The molecular weight excluding hydrogens is 204 g/mol. The summed E-state index contributed by atoms with van der Waals surface area (Å²) in [6.07, 6.45) is 3.60. The van der Waals surface area contributed by atoms with Gasteiger partial charge >= 0.3 is 0 Å². The summed E-state index contributed by atoms with van der Waals surface area (Å²) in [7, 11) is 0. The lowest BCUT2D eigenvalue weighted by Gasteiger charge is -2.11. The van der Waals surface area contributed by atoms with Gasteiger partial charge < -0.3 is 11.1 Å². The smallest absolute Gasteiger partial charge is 0.0300 e. The Morgan fingerprint density at radius 1 is 1.47 bits per heavy atom. The summed E-state index contributed by atoms with van der Waals surface area (Å²) >= 11 is 1.85. The van der Waals surface area contributed by atoms with Gasteiger partial charge in [-0.25, -0.2) is 0 Å². The second kappa shape index (κ2) is 6.99. The molecule has 0 saturated heterocycles. The van der Waals surface area contributed by atoms with Crippen molar-refractivity contribution in [2.24, 2.45) is 5.73 Å². The van der Waals surface area contributed by atoms with Gasteiger partial charge in [0.2, 0.25) is 0 Å². The van der Waals surface area contributed by atoms with Gasteiger partial charge in [-0.15, -0.1) is 11.3 Å². The number of rotatable bonds is 7. The molecule has 86 valence electrons. The number of hydrogen-bond donors (Lipinski definition) is 2. The van der Waals surface area contributed by atoms with E-state index in [1.807, 2.05) is 11.3 Å². The van der Waals surface area contributed by atoms with Crippen LogP contribution in [0.2, 0.25) is 0 Å². The third-order valence-electron chi connectivity index (χ3n) is 2.43. The van der Waals surface area contributed by atoms with Gasteiger partial charge in [-0.2, -0.15) is 0 Å². The quantitative estimate of drug-likeness (QED) is 0.750. The van der Waals surface area contributed by atoms with Gasteiger partial charge in [0, 0.05) is 28.9 Å². The zero-order chi connectivity index (χ0) is 11.1. The lowest BCUT2D eigenvalue weighted by molar-refractivity contribution is 0.526. The Morgan fingerprint density at radius 2 is 2.27 bits per heavy atom. The molecule has 0 saturated carbocycles. The Kier molecular flexibility index (Phi) is 5.91. The summed E-state index contributed by atoms with van der Waals surface area (Å²) in [5.41, 5.74) is 5.97. The van der Waals surface area contributed by atoms with Gasteiger partial charge in [-0.05, 0) is 25.5 Å². The van der Waals surface area contributed by atoms with Crippen LogP contribution in [0.5, 0.6) is 0 Å². The predicted molar refractivity (Wildman–Crippen MR) is 68.3 cm³/mol. The van der Waals surface area contributed by atoms with E-state index in [0.29, 0.717) is 6.04 Å². The molecule has 15 heavy (non-hydrogen) atoms. The third-order valence-corrected chi connectivity index (χ3v) is 3.43. The third kappa shape index (κ3) is 5.30. The number of nitrogens with one attached hydrogen (secondary N) is 1. The molecule has 0 aliphatic heterocycles. The van der Waals surface area contributed by atoms with Crippen molar-refractivity contribution in [3.63, 3.8) is 0 Å². The van der Waals surface area contributed by atoms with Crippen molar-refractivity contribution >= 4 is 11.3 Å². The number of hydrogen-bond acceptors (Lipinski definition) is 3. The molecule has 0 aromatic carbocycles. The molecule has 0 amide bonds. The summed E-state index contributed by atoms with van der Waals surface area (Å²) in [5.74, 6) is 0. The molecule has 1 rings (SSSR count). The van der Waals surface area contributed by atoms with E-state index in [2.05, 4.69) is 31.3 Å². The highest BCUT2D eigenvalue weighted by Gasteiger charge is 2.01. The normalized spacial score (nSPS) is 13.0. The first-order chi connectivity index (χ1) is 7.22. The molecule has 1 unspecified atom stereocenters. The predicted octanol–water partition coefficient (Wildman–Crippen LogP) is 2.66. The number of nitrogens with two attached hydrogens (primary N) is 1. The van der Waals surface area contributed by atoms with Crippen LogP contribution in [0.15, 0.2) is 12.1 Å². The molecule has 1 heterocycles. The van der Waals surface area contributed by atoms with Gasteiger partial charge in [0.05, 0.1) is 0 Å². The van der Waals surface area contributed by atoms with E-state index in [1.54, 1.807) is 0 Å². The van der Waals surface area contributed by atoms with Gasteiger partial charge in [-0.3, -0.25) is 0 Å². The minimum absolute atomic E-state index is 0.311. The minimum Gasteiger partial charge on any atom is -0.327 e. The summed E-state index contributed by atoms with van der Waals surface area (Å²) in [6, 6.07) is 4.66. The first-order valence-electron chi connectivity index (χ1n) is 5.74. The van der Waals surface area contributed by atoms with Crippen LogP contribution in [0.3, 0.4) is 0 Å². The van der Waals surface area contributed by atoms with Crippen LogP contribution in [-0.2, 0) is 6.54 Å². The molecule has 1 atom stereocenters. The van der Waals surface area contributed by atoms with Gasteiger partial charge in [0.1, 0.15) is 0 Å². The highest BCUT2D eigenvalue weighted by molar-refractivity contribution is 7.11. The Labute approximate surface area is 96.9 Å². The average Bonchev–Trinajstić information content (AvgIpc) is 2.61. The van der Waals surface area contributed by atoms with E-state index in [1.165, 1.54) is 22.6 Å². The SMILES string of the molecule is CCCCC(N)CNCc1ccc(C)s1.